The molecule has 2 unspecified atom stereocenters. The number of aromatic amines is 1. The summed E-state index contributed by atoms with van der Waals surface area (Å²) in [5.41, 5.74) is 2.22. The fourth-order valence-electron chi connectivity index (χ4n) is 6.60. The van der Waals surface area contributed by atoms with Gasteiger partial charge in [-0.15, -0.1) is 11.3 Å². The van der Waals surface area contributed by atoms with Gasteiger partial charge < -0.3 is 35.6 Å². The number of aliphatic hydroxyl groups is 2. The van der Waals surface area contributed by atoms with Crippen molar-refractivity contribution >= 4 is 34.1 Å². The SMILES string of the molecule is O=C(c1ccc(CNCC(O)c2ccc(O)c3[nH]c(=O)ccc23)cc1)N1CCc2sc(-c3cccc(C(O)(C(=O)O)c4ccccc4)c3)cc2C1. The molecule has 10 nitrogen and oxygen atoms in total. The lowest BCUT2D eigenvalue weighted by Gasteiger charge is -2.27. The van der Waals surface area contributed by atoms with Crippen LogP contribution in [-0.4, -0.2) is 55.3 Å². The van der Waals surface area contributed by atoms with Crippen LogP contribution in [-0.2, 0) is 29.9 Å². The third-order valence-electron chi connectivity index (χ3n) is 9.35. The van der Waals surface area contributed by atoms with Crippen LogP contribution >= 0.6 is 11.3 Å². The molecule has 2 atom stereocenters. The molecule has 1 aliphatic heterocycles. The van der Waals surface area contributed by atoms with E-state index in [0.717, 1.165) is 21.6 Å². The van der Waals surface area contributed by atoms with E-state index in [2.05, 4.69) is 10.3 Å². The summed E-state index contributed by atoms with van der Waals surface area (Å²) in [6.45, 7) is 1.71. The van der Waals surface area contributed by atoms with Crippen LogP contribution in [0, 0.1) is 0 Å². The first-order valence-corrected chi connectivity index (χ1v) is 17.3. The van der Waals surface area contributed by atoms with Gasteiger partial charge in [0.2, 0.25) is 11.2 Å². The second kappa shape index (κ2) is 14.0. The molecule has 6 aromatic rings. The smallest absolute Gasteiger partial charge is 0.345 e. The number of benzene rings is 4. The number of carboxylic acids is 1. The van der Waals surface area contributed by atoms with Crippen molar-refractivity contribution in [3.05, 3.63) is 158 Å². The number of nitrogens with zero attached hydrogens (tertiary/aromatic N) is 1. The van der Waals surface area contributed by atoms with Gasteiger partial charge in [0.25, 0.3) is 5.91 Å². The standard InChI is InChI=1S/C40H35N3O7S/c44-32-15-13-30(31-14-16-36(46)42-37(31)32)33(45)22-41-21-24-9-11-25(12-10-24)38(47)43-18-17-34-27(23-43)20-35(51-34)26-5-4-8-29(19-26)40(50,39(48)49)28-6-2-1-3-7-28/h1-16,19-20,33,41,44-45,50H,17-18,21-23H2,(H,42,46)(H,48,49). The number of amides is 1. The van der Waals surface area contributed by atoms with Gasteiger partial charge in [0, 0.05) is 58.5 Å². The van der Waals surface area contributed by atoms with E-state index in [1.54, 1.807) is 84.1 Å². The molecule has 2 aromatic heterocycles. The fourth-order valence-corrected chi connectivity index (χ4v) is 7.76. The molecule has 1 amide bonds. The van der Waals surface area contributed by atoms with E-state index in [0.29, 0.717) is 42.6 Å². The maximum Gasteiger partial charge on any atom is 0.345 e. The number of nitrogens with one attached hydrogen (secondary N) is 2. The Labute approximate surface area is 296 Å². The van der Waals surface area contributed by atoms with Crippen molar-refractivity contribution in [1.82, 2.24) is 15.2 Å². The van der Waals surface area contributed by atoms with Gasteiger partial charge in [-0.05, 0) is 70.6 Å². The summed E-state index contributed by atoms with van der Waals surface area (Å²) in [7, 11) is 0. The average molecular weight is 702 g/mol. The highest BCUT2D eigenvalue weighted by Gasteiger charge is 2.40. The molecule has 0 fully saturated rings. The third kappa shape index (κ3) is 6.67. The lowest BCUT2D eigenvalue weighted by Crippen LogP contribution is -2.36. The highest BCUT2D eigenvalue weighted by Crippen LogP contribution is 2.38. The van der Waals surface area contributed by atoms with Gasteiger partial charge in [0.15, 0.2) is 0 Å². The summed E-state index contributed by atoms with van der Waals surface area (Å²) in [5, 5.41) is 46.2. The summed E-state index contributed by atoms with van der Waals surface area (Å²) in [6.07, 6.45) is -0.182. The van der Waals surface area contributed by atoms with E-state index >= 15 is 0 Å². The Morgan fingerprint density at radius 1 is 0.922 bits per heavy atom. The summed E-state index contributed by atoms with van der Waals surface area (Å²) in [5.74, 6) is -1.49. The van der Waals surface area contributed by atoms with Gasteiger partial charge in [-0.2, -0.15) is 0 Å². The number of aliphatic carboxylic acids is 1. The number of thiophene rings is 1. The largest absolute Gasteiger partial charge is 0.506 e. The van der Waals surface area contributed by atoms with Crippen LogP contribution in [0.4, 0.5) is 0 Å². The Morgan fingerprint density at radius 2 is 1.69 bits per heavy atom. The summed E-state index contributed by atoms with van der Waals surface area (Å²) < 4.78 is 0. The second-order valence-corrected chi connectivity index (χ2v) is 13.8. The van der Waals surface area contributed by atoms with Crippen molar-refractivity contribution in [3.8, 4) is 16.2 Å². The van der Waals surface area contributed by atoms with Gasteiger partial charge in [0.05, 0.1) is 11.6 Å². The fraction of sp³-hybridized carbons (Fsp3) is 0.175. The minimum absolute atomic E-state index is 0.0645. The van der Waals surface area contributed by atoms with E-state index in [4.69, 9.17) is 0 Å². The summed E-state index contributed by atoms with van der Waals surface area (Å²) in [4.78, 5) is 44.1. The Kier molecular flexibility index (Phi) is 9.28. The topological polar surface area (TPSA) is 163 Å². The van der Waals surface area contributed by atoms with Crippen LogP contribution in [0.15, 0.2) is 114 Å². The molecule has 0 bridgehead atoms. The quantitative estimate of drug-likeness (QED) is 0.112. The van der Waals surface area contributed by atoms with Gasteiger partial charge in [0.1, 0.15) is 5.75 Å². The number of H-pyrrole nitrogens is 1. The van der Waals surface area contributed by atoms with E-state index < -0.39 is 17.7 Å². The highest BCUT2D eigenvalue weighted by atomic mass is 32.1. The van der Waals surface area contributed by atoms with Crippen molar-refractivity contribution in [3.63, 3.8) is 0 Å². The van der Waals surface area contributed by atoms with Crippen LogP contribution in [0.25, 0.3) is 21.3 Å². The van der Waals surface area contributed by atoms with Crippen molar-refractivity contribution in [2.75, 3.05) is 13.1 Å². The number of phenols is 1. The number of aromatic hydroxyl groups is 1. The number of carbonyl (C=O) groups excluding carboxylic acids is 1. The summed E-state index contributed by atoms with van der Waals surface area (Å²) in [6, 6.07) is 30.8. The monoisotopic (exact) mass is 701 g/mol. The van der Waals surface area contributed by atoms with Crippen LogP contribution in [0.1, 0.15) is 49.2 Å². The average Bonchev–Trinajstić information content (AvgIpc) is 3.59. The first-order chi connectivity index (χ1) is 24.6. The van der Waals surface area contributed by atoms with Crippen molar-refractivity contribution < 1.29 is 30.0 Å². The number of fused-ring (bicyclic) bond motifs is 2. The van der Waals surface area contributed by atoms with E-state index in [-0.39, 0.29) is 40.4 Å². The van der Waals surface area contributed by atoms with Crippen LogP contribution in [0.3, 0.4) is 0 Å². The number of carbonyl (C=O) groups is 2. The number of aliphatic hydroxyl groups excluding tert-OH is 1. The lowest BCUT2D eigenvalue weighted by atomic mass is 9.85. The molecule has 0 spiro atoms. The predicted molar refractivity (Wildman–Crippen MR) is 195 cm³/mol. The molecule has 0 radical (unpaired) electrons. The molecule has 3 heterocycles. The second-order valence-electron chi connectivity index (χ2n) is 12.6. The molecule has 51 heavy (non-hydrogen) atoms. The molecule has 4 aromatic carbocycles. The first-order valence-electron chi connectivity index (χ1n) is 16.5. The number of rotatable bonds is 10. The number of hydrogen-bond acceptors (Lipinski definition) is 8. The molecule has 11 heteroatoms. The number of pyridine rings is 1. The molecule has 7 rings (SSSR count). The summed E-state index contributed by atoms with van der Waals surface area (Å²) >= 11 is 1.62. The number of aromatic nitrogens is 1. The maximum atomic E-state index is 13.5. The normalized spacial score (nSPS) is 14.5. The molecule has 1 aliphatic rings. The van der Waals surface area contributed by atoms with E-state index in [9.17, 15) is 34.8 Å². The zero-order valence-corrected chi connectivity index (χ0v) is 28.2. The zero-order valence-electron chi connectivity index (χ0n) is 27.4. The molecule has 0 saturated carbocycles. The van der Waals surface area contributed by atoms with E-state index in [1.807, 2.05) is 29.2 Å². The molecule has 258 valence electrons. The highest BCUT2D eigenvalue weighted by molar-refractivity contribution is 7.15. The Morgan fingerprint density at radius 3 is 2.45 bits per heavy atom. The lowest BCUT2D eigenvalue weighted by molar-refractivity contribution is -0.155. The van der Waals surface area contributed by atoms with Gasteiger partial charge >= 0.3 is 5.97 Å². The molecule has 0 aliphatic carbocycles. The minimum Gasteiger partial charge on any atom is -0.506 e. The molecular weight excluding hydrogens is 667 g/mol. The van der Waals surface area contributed by atoms with Crippen molar-refractivity contribution in [2.45, 2.75) is 31.2 Å². The number of carboxylic acid groups (broad SMARTS) is 1. The Balaban J connectivity index is 0.988. The molecular formula is C40H35N3O7S. The van der Waals surface area contributed by atoms with Crippen molar-refractivity contribution in [2.24, 2.45) is 0 Å². The minimum atomic E-state index is -2.20. The number of phenolic OH excluding ortho intramolecular Hbond substituents is 1. The maximum absolute atomic E-state index is 13.5. The number of hydrogen-bond donors (Lipinski definition) is 6. The zero-order chi connectivity index (χ0) is 35.7. The van der Waals surface area contributed by atoms with Gasteiger partial charge in [-0.25, -0.2) is 4.79 Å². The van der Waals surface area contributed by atoms with Crippen LogP contribution in [0.5, 0.6) is 5.75 Å². The molecule has 0 saturated heterocycles. The van der Waals surface area contributed by atoms with Gasteiger partial charge in [-0.1, -0.05) is 66.7 Å². The van der Waals surface area contributed by atoms with Gasteiger partial charge in [-0.3, -0.25) is 9.59 Å². The Hall–Kier alpha value is -5.59. The Bertz CT molecular complexity index is 2300. The first kappa shape index (κ1) is 33.9. The van der Waals surface area contributed by atoms with Crippen LogP contribution in [0.2, 0.25) is 0 Å². The predicted octanol–water partition coefficient (Wildman–Crippen LogP) is 5.30. The molecule has 6 N–H and O–H groups in total. The van der Waals surface area contributed by atoms with E-state index in [1.165, 1.54) is 17.0 Å². The van der Waals surface area contributed by atoms with Crippen molar-refractivity contribution in [1.29, 1.82) is 0 Å². The third-order valence-corrected chi connectivity index (χ3v) is 10.6. The van der Waals surface area contributed by atoms with Crippen LogP contribution < -0.4 is 10.9 Å².